The third kappa shape index (κ3) is 4.69. The molecule has 1 aliphatic rings. The number of amides is 1. The van der Waals surface area contributed by atoms with Gasteiger partial charge in [0.05, 0.1) is 18.9 Å². The summed E-state index contributed by atoms with van der Waals surface area (Å²) < 4.78 is 50.3. The molecule has 1 fully saturated rings. The average molecular weight is 380 g/mol. The van der Waals surface area contributed by atoms with Crippen LogP contribution in [0.3, 0.4) is 0 Å². The van der Waals surface area contributed by atoms with E-state index in [2.05, 4.69) is 4.98 Å². The molecule has 0 saturated carbocycles. The predicted molar refractivity (Wildman–Crippen MR) is 92.5 cm³/mol. The highest BCUT2D eigenvalue weighted by Gasteiger charge is 2.32. The summed E-state index contributed by atoms with van der Waals surface area (Å²) in [7, 11) is 1.45. The number of ether oxygens (including phenoxy) is 2. The molecule has 1 aromatic heterocycles. The normalized spacial score (nSPS) is 14.3. The first kappa shape index (κ1) is 19.0. The van der Waals surface area contributed by atoms with Gasteiger partial charge in [0.25, 0.3) is 5.91 Å². The number of nitrogens with zero attached hydrogens (tertiary/aromatic N) is 2. The van der Waals surface area contributed by atoms with Gasteiger partial charge in [-0.15, -0.1) is 0 Å². The molecule has 27 heavy (non-hydrogen) atoms. The number of benzene rings is 1. The van der Waals surface area contributed by atoms with E-state index in [9.17, 15) is 18.0 Å². The third-order valence-corrected chi connectivity index (χ3v) is 4.34. The Labute approximate surface area is 154 Å². The molecule has 1 aromatic carbocycles. The molecule has 0 aliphatic carbocycles. The fourth-order valence-electron chi connectivity index (χ4n) is 2.90. The van der Waals surface area contributed by atoms with Crippen LogP contribution in [0.5, 0.6) is 11.5 Å². The van der Waals surface area contributed by atoms with Gasteiger partial charge in [-0.3, -0.25) is 9.78 Å². The van der Waals surface area contributed by atoms with Gasteiger partial charge in [0, 0.05) is 24.8 Å². The van der Waals surface area contributed by atoms with Crippen molar-refractivity contribution in [1.29, 1.82) is 0 Å². The Morgan fingerprint density at radius 1 is 1.07 bits per heavy atom. The number of rotatable bonds is 5. The minimum atomic E-state index is -4.54. The van der Waals surface area contributed by atoms with Gasteiger partial charge < -0.3 is 14.4 Å². The minimum absolute atomic E-state index is 0.0183. The molecule has 1 aliphatic heterocycles. The third-order valence-electron chi connectivity index (χ3n) is 4.34. The molecular formula is C19H19F3N2O3. The number of aromatic nitrogens is 1. The van der Waals surface area contributed by atoms with E-state index in [1.165, 1.54) is 25.6 Å². The summed E-state index contributed by atoms with van der Waals surface area (Å²) in [5, 5.41) is 0. The molecule has 0 unspecified atom stereocenters. The lowest BCUT2D eigenvalue weighted by atomic mass is 10.0. The molecule has 0 atom stereocenters. The van der Waals surface area contributed by atoms with Crippen molar-refractivity contribution in [3.05, 3.63) is 42.2 Å². The molecule has 144 valence electrons. The predicted octanol–water partition coefficient (Wildman–Crippen LogP) is 3.78. The van der Waals surface area contributed by atoms with Gasteiger partial charge in [0.1, 0.15) is 11.5 Å². The fourth-order valence-corrected chi connectivity index (χ4v) is 2.90. The summed E-state index contributed by atoms with van der Waals surface area (Å²) in [6.45, 7) is 1.02. The van der Waals surface area contributed by atoms with E-state index in [1.54, 1.807) is 11.0 Å². The molecular weight excluding hydrogens is 361 g/mol. The molecule has 8 heteroatoms. The maximum Gasteiger partial charge on any atom is 0.416 e. The molecule has 2 heterocycles. The molecule has 0 radical (unpaired) electrons. The van der Waals surface area contributed by atoms with Crippen molar-refractivity contribution in [2.45, 2.75) is 19.0 Å². The molecule has 1 saturated heterocycles. The Morgan fingerprint density at radius 3 is 2.44 bits per heavy atom. The fraction of sp³-hybridized carbons (Fsp3) is 0.368. The van der Waals surface area contributed by atoms with E-state index in [0.29, 0.717) is 24.4 Å². The number of hydrogen-bond acceptors (Lipinski definition) is 4. The van der Waals surface area contributed by atoms with Crippen LogP contribution in [0.15, 0.2) is 36.7 Å². The van der Waals surface area contributed by atoms with Crippen LogP contribution in [-0.4, -0.2) is 42.6 Å². The minimum Gasteiger partial charge on any atom is -0.495 e. The zero-order valence-electron chi connectivity index (χ0n) is 14.8. The first-order chi connectivity index (χ1) is 12.9. The molecule has 2 aromatic rings. The largest absolute Gasteiger partial charge is 0.495 e. The van der Waals surface area contributed by atoms with E-state index < -0.39 is 11.7 Å². The number of likely N-dealkylation sites (tertiary alicyclic amines) is 1. The quantitative estimate of drug-likeness (QED) is 0.792. The van der Waals surface area contributed by atoms with E-state index in [-0.39, 0.29) is 23.8 Å². The summed E-state index contributed by atoms with van der Waals surface area (Å²) in [6, 6.07) is 4.96. The average Bonchev–Trinajstić information content (AvgIpc) is 3.20. The zero-order valence-corrected chi connectivity index (χ0v) is 14.8. The zero-order chi connectivity index (χ0) is 19.4. The highest BCUT2D eigenvalue weighted by atomic mass is 19.4. The van der Waals surface area contributed by atoms with Gasteiger partial charge in [0.15, 0.2) is 6.61 Å². The van der Waals surface area contributed by atoms with Crippen LogP contribution in [0.4, 0.5) is 13.2 Å². The topological polar surface area (TPSA) is 51.7 Å². The monoisotopic (exact) mass is 380 g/mol. The summed E-state index contributed by atoms with van der Waals surface area (Å²) in [6.07, 6.45) is 0.227. The Hall–Kier alpha value is -2.77. The maximum atomic E-state index is 13.3. The van der Waals surface area contributed by atoms with Crippen LogP contribution < -0.4 is 9.47 Å². The summed E-state index contributed by atoms with van der Waals surface area (Å²) in [5.74, 6) is 0.182. The van der Waals surface area contributed by atoms with E-state index in [1.807, 2.05) is 0 Å². The number of alkyl halides is 3. The lowest BCUT2D eigenvalue weighted by Crippen LogP contribution is -2.32. The van der Waals surface area contributed by atoms with Crippen LogP contribution in [0, 0.1) is 0 Å². The molecule has 3 rings (SSSR count). The van der Waals surface area contributed by atoms with Gasteiger partial charge in [0.2, 0.25) is 0 Å². The Balaban J connectivity index is 1.87. The van der Waals surface area contributed by atoms with E-state index in [0.717, 1.165) is 25.0 Å². The highest BCUT2D eigenvalue weighted by Crippen LogP contribution is 2.36. The van der Waals surface area contributed by atoms with Crippen LogP contribution in [0.25, 0.3) is 11.1 Å². The molecule has 0 N–H and O–H groups in total. The first-order valence-corrected chi connectivity index (χ1v) is 8.49. The second-order valence-electron chi connectivity index (χ2n) is 6.23. The standard InChI is InChI=1S/C19H19F3N2O3/c1-26-17-8-14(10-23-11-17)13-6-15(19(20,21)22)9-16(7-13)27-12-18(25)24-4-2-3-5-24/h6-11H,2-5,12H2,1H3. The second kappa shape index (κ2) is 7.85. The van der Waals surface area contributed by atoms with E-state index >= 15 is 0 Å². The van der Waals surface area contributed by atoms with Crippen molar-refractivity contribution in [3.63, 3.8) is 0 Å². The van der Waals surface area contributed by atoms with Gasteiger partial charge in [-0.2, -0.15) is 13.2 Å². The van der Waals surface area contributed by atoms with Gasteiger partial charge in [-0.25, -0.2) is 0 Å². The summed E-state index contributed by atoms with van der Waals surface area (Å²) >= 11 is 0. The van der Waals surface area contributed by atoms with E-state index in [4.69, 9.17) is 9.47 Å². The van der Waals surface area contributed by atoms with Gasteiger partial charge in [-0.05, 0) is 42.7 Å². The van der Waals surface area contributed by atoms with Crippen molar-refractivity contribution < 1.29 is 27.4 Å². The van der Waals surface area contributed by atoms with Crippen molar-refractivity contribution in [1.82, 2.24) is 9.88 Å². The Morgan fingerprint density at radius 2 is 1.78 bits per heavy atom. The van der Waals surface area contributed by atoms with Crippen molar-refractivity contribution >= 4 is 5.91 Å². The number of carbonyl (C=O) groups is 1. The highest BCUT2D eigenvalue weighted by molar-refractivity contribution is 5.78. The maximum absolute atomic E-state index is 13.3. The lowest BCUT2D eigenvalue weighted by Gasteiger charge is -2.17. The van der Waals surface area contributed by atoms with Gasteiger partial charge >= 0.3 is 6.18 Å². The SMILES string of the molecule is COc1cncc(-c2cc(OCC(=O)N3CCCC3)cc(C(F)(F)F)c2)c1. The summed E-state index contributed by atoms with van der Waals surface area (Å²) in [4.78, 5) is 17.7. The Bertz CT molecular complexity index is 818. The second-order valence-corrected chi connectivity index (χ2v) is 6.23. The number of hydrogen-bond donors (Lipinski definition) is 0. The molecule has 0 bridgehead atoms. The van der Waals surface area contributed by atoms with Crippen LogP contribution in [-0.2, 0) is 11.0 Å². The molecule has 1 amide bonds. The first-order valence-electron chi connectivity index (χ1n) is 8.49. The van der Waals surface area contributed by atoms with Crippen molar-refractivity contribution in [3.8, 4) is 22.6 Å². The Kier molecular flexibility index (Phi) is 5.53. The molecule has 0 spiro atoms. The van der Waals surface area contributed by atoms with Crippen LogP contribution in [0.2, 0.25) is 0 Å². The van der Waals surface area contributed by atoms with Crippen molar-refractivity contribution in [2.75, 3.05) is 26.8 Å². The number of methoxy groups -OCH3 is 1. The molecule has 5 nitrogen and oxygen atoms in total. The number of pyridine rings is 1. The van der Waals surface area contributed by atoms with Crippen LogP contribution >= 0.6 is 0 Å². The number of carbonyl (C=O) groups excluding carboxylic acids is 1. The summed E-state index contributed by atoms with van der Waals surface area (Å²) in [5.41, 5.74) is -0.123. The number of halogens is 3. The van der Waals surface area contributed by atoms with Crippen LogP contribution in [0.1, 0.15) is 18.4 Å². The van der Waals surface area contributed by atoms with Gasteiger partial charge in [-0.1, -0.05) is 0 Å². The smallest absolute Gasteiger partial charge is 0.416 e. The van der Waals surface area contributed by atoms with Crippen molar-refractivity contribution in [2.24, 2.45) is 0 Å². The lowest BCUT2D eigenvalue weighted by molar-refractivity contribution is -0.137.